The summed E-state index contributed by atoms with van der Waals surface area (Å²) in [7, 11) is 1.69. The van der Waals surface area contributed by atoms with E-state index in [9.17, 15) is 0 Å². The Morgan fingerprint density at radius 1 is 1.41 bits per heavy atom. The maximum atomic E-state index is 5.77. The van der Waals surface area contributed by atoms with Gasteiger partial charge in [0.2, 0.25) is 0 Å². The van der Waals surface area contributed by atoms with Crippen LogP contribution in [0.3, 0.4) is 0 Å². The maximum absolute atomic E-state index is 5.77. The van der Waals surface area contributed by atoms with Crippen LogP contribution in [0.5, 0.6) is 11.5 Å². The standard InChI is InChI=1S/C16H25BrN2O2.ClH/c1-4-7-21-16-14(17)8-13(9-15(16)20-3)11-19-6-5-18-12(2)10-19;/h8-9,12,18H,4-7,10-11H2,1-3H3;1H/t12-;/m1./s1. The Hall–Kier alpha value is -0.490. The van der Waals surface area contributed by atoms with Crippen LogP contribution in [0.25, 0.3) is 0 Å². The molecule has 2 rings (SSSR count). The Labute approximate surface area is 148 Å². The fourth-order valence-corrected chi connectivity index (χ4v) is 3.23. The Bertz CT molecular complexity index is 474. The van der Waals surface area contributed by atoms with E-state index in [1.807, 2.05) is 0 Å². The van der Waals surface area contributed by atoms with Crippen LogP contribution in [-0.2, 0) is 6.54 Å². The van der Waals surface area contributed by atoms with Crippen LogP contribution in [0.15, 0.2) is 16.6 Å². The Balaban J connectivity index is 0.00000242. The predicted molar refractivity (Wildman–Crippen MR) is 96.5 cm³/mol. The molecular weight excluding hydrogens is 368 g/mol. The molecule has 1 aliphatic rings. The number of nitrogens with one attached hydrogen (secondary N) is 1. The van der Waals surface area contributed by atoms with Gasteiger partial charge in [-0.25, -0.2) is 0 Å². The molecule has 1 heterocycles. The molecule has 6 heteroatoms. The molecule has 1 N–H and O–H groups in total. The van der Waals surface area contributed by atoms with Crippen molar-refractivity contribution in [3.05, 3.63) is 22.2 Å². The Morgan fingerprint density at radius 3 is 2.82 bits per heavy atom. The summed E-state index contributed by atoms with van der Waals surface area (Å²) in [4.78, 5) is 2.47. The summed E-state index contributed by atoms with van der Waals surface area (Å²) < 4.78 is 12.2. The average Bonchev–Trinajstić information content (AvgIpc) is 2.45. The van der Waals surface area contributed by atoms with Gasteiger partial charge in [0.05, 0.1) is 18.2 Å². The Morgan fingerprint density at radius 2 is 2.18 bits per heavy atom. The smallest absolute Gasteiger partial charge is 0.175 e. The summed E-state index contributed by atoms with van der Waals surface area (Å²) in [5, 5.41) is 3.47. The normalized spacial score (nSPS) is 18.6. The maximum Gasteiger partial charge on any atom is 0.175 e. The first kappa shape index (κ1) is 19.6. The lowest BCUT2D eigenvalue weighted by Gasteiger charge is -2.32. The van der Waals surface area contributed by atoms with Gasteiger partial charge in [0.15, 0.2) is 11.5 Å². The van der Waals surface area contributed by atoms with E-state index >= 15 is 0 Å². The van der Waals surface area contributed by atoms with E-state index in [1.165, 1.54) is 5.56 Å². The van der Waals surface area contributed by atoms with Crippen molar-refractivity contribution < 1.29 is 9.47 Å². The van der Waals surface area contributed by atoms with Gasteiger partial charge in [-0.3, -0.25) is 4.90 Å². The molecule has 126 valence electrons. The lowest BCUT2D eigenvalue weighted by atomic mass is 10.1. The van der Waals surface area contributed by atoms with Crippen molar-refractivity contribution in [2.45, 2.75) is 32.9 Å². The summed E-state index contributed by atoms with van der Waals surface area (Å²) in [6, 6.07) is 4.78. The highest BCUT2D eigenvalue weighted by atomic mass is 79.9. The van der Waals surface area contributed by atoms with E-state index in [1.54, 1.807) is 7.11 Å². The van der Waals surface area contributed by atoms with Crippen LogP contribution in [0.1, 0.15) is 25.8 Å². The van der Waals surface area contributed by atoms with E-state index in [0.717, 1.165) is 48.6 Å². The van der Waals surface area contributed by atoms with Crippen LogP contribution in [0.4, 0.5) is 0 Å². The first-order chi connectivity index (χ1) is 10.1. The van der Waals surface area contributed by atoms with E-state index < -0.39 is 0 Å². The minimum atomic E-state index is 0. The first-order valence-corrected chi connectivity index (χ1v) is 8.38. The molecule has 1 saturated heterocycles. The topological polar surface area (TPSA) is 33.7 Å². The van der Waals surface area contributed by atoms with Gasteiger partial charge in [0.25, 0.3) is 0 Å². The Kier molecular flexibility index (Phi) is 8.54. The van der Waals surface area contributed by atoms with Crippen molar-refractivity contribution >= 4 is 28.3 Å². The van der Waals surface area contributed by atoms with E-state index in [0.29, 0.717) is 12.6 Å². The van der Waals surface area contributed by atoms with Gasteiger partial charge in [-0.1, -0.05) is 6.92 Å². The minimum absolute atomic E-state index is 0. The van der Waals surface area contributed by atoms with Gasteiger partial charge in [-0.15, -0.1) is 12.4 Å². The summed E-state index contributed by atoms with van der Waals surface area (Å²) in [5.74, 6) is 1.60. The van der Waals surface area contributed by atoms with Gasteiger partial charge in [-0.2, -0.15) is 0 Å². The number of hydrogen-bond acceptors (Lipinski definition) is 4. The van der Waals surface area contributed by atoms with Gasteiger partial charge >= 0.3 is 0 Å². The van der Waals surface area contributed by atoms with Crippen LogP contribution in [0.2, 0.25) is 0 Å². The highest BCUT2D eigenvalue weighted by molar-refractivity contribution is 9.10. The summed E-state index contributed by atoms with van der Waals surface area (Å²) in [6.45, 7) is 9.17. The zero-order chi connectivity index (χ0) is 15.2. The molecule has 0 unspecified atom stereocenters. The zero-order valence-electron chi connectivity index (χ0n) is 13.5. The second-order valence-corrected chi connectivity index (χ2v) is 6.40. The van der Waals surface area contributed by atoms with Crippen LogP contribution >= 0.6 is 28.3 Å². The SMILES string of the molecule is CCCOc1c(Br)cc(CN2CCN[C@H](C)C2)cc1OC.Cl. The molecule has 1 aromatic carbocycles. The quantitative estimate of drug-likeness (QED) is 0.802. The number of ether oxygens (including phenoxy) is 2. The summed E-state index contributed by atoms with van der Waals surface area (Å²) in [6.07, 6.45) is 0.982. The van der Waals surface area contributed by atoms with Crippen molar-refractivity contribution in [1.29, 1.82) is 0 Å². The van der Waals surface area contributed by atoms with Gasteiger partial charge in [0.1, 0.15) is 0 Å². The molecule has 0 radical (unpaired) electrons. The third-order valence-electron chi connectivity index (χ3n) is 3.60. The van der Waals surface area contributed by atoms with Gasteiger partial charge < -0.3 is 14.8 Å². The molecule has 0 bridgehead atoms. The molecule has 0 amide bonds. The molecule has 1 aliphatic heterocycles. The molecular formula is C16H26BrClN2O2. The second kappa shape index (κ2) is 9.60. The number of methoxy groups -OCH3 is 1. The fraction of sp³-hybridized carbons (Fsp3) is 0.625. The van der Waals surface area contributed by atoms with Gasteiger partial charge in [0, 0.05) is 32.2 Å². The molecule has 1 atom stereocenters. The minimum Gasteiger partial charge on any atom is -0.493 e. The summed E-state index contributed by atoms with van der Waals surface area (Å²) in [5.41, 5.74) is 1.25. The van der Waals surface area contributed by atoms with E-state index in [2.05, 4.69) is 52.1 Å². The molecule has 1 aromatic rings. The molecule has 0 aliphatic carbocycles. The lowest BCUT2D eigenvalue weighted by Crippen LogP contribution is -2.48. The zero-order valence-corrected chi connectivity index (χ0v) is 15.9. The number of halogens is 2. The molecule has 1 fully saturated rings. The van der Waals surface area contributed by atoms with E-state index in [-0.39, 0.29) is 12.4 Å². The number of nitrogens with zero attached hydrogens (tertiary/aromatic N) is 1. The predicted octanol–water partition coefficient (Wildman–Crippen LogP) is 3.46. The molecule has 0 spiro atoms. The van der Waals surface area contributed by atoms with Crippen molar-refractivity contribution in [2.24, 2.45) is 0 Å². The third-order valence-corrected chi connectivity index (χ3v) is 4.19. The fourth-order valence-electron chi connectivity index (χ4n) is 2.62. The van der Waals surface area contributed by atoms with Crippen molar-refractivity contribution in [1.82, 2.24) is 10.2 Å². The highest BCUT2D eigenvalue weighted by Gasteiger charge is 2.17. The highest BCUT2D eigenvalue weighted by Crippen LogP contribution is 2.37. The molecule has 22 heavy (non-hydrogen) atoms. The van der Waals surface area contributed by atoms with Crippen molar-refractivity contribution in [2.75, 3.05) is 33.4 Å². The monoisotopic (exact) mass is 392 g/mol. The van der Waals surface area contributed by atoms with E-state index in [4.69, 9.17) is 9.47 Å². The first-order valence-electron chi connectivity index (χ1n) is 7.59. The van der Waals surface area contributed by atoms with Crippen molar-refractivity contribution in [3.8, 4) is 11.5 Å². The lowest BCUT2D eigenvalue weighted by molar-refractivity contribution is 0.199. The molecule has 0 saturated carbocycles. The average molecular weight is 394 g/mol. The number of piperazine rings is 1. The summed E-state index contributed by atoms with van der Waals surface area (Å²) >= 11 is 3.61. The molecule has 4 nitrogen and oxygen atoms in total. The number of rotatable bonds is 6. The van der Waals surface area contributed by atoms with Crippen LogP contribution in [0, 0.1) is 0 Å². The van der Waals surface area contributed by atoms with Crippen molar-refractivity contribution in [3.63, 3.8) is 0 Å². The molecule has 0 aromatic heterocycles. The third kappa shape index (κ3) is 5.30. The van der Waals surface area contributed by atoms with Crippen LogP contribution < -0.4 is 14.8 Å². The number of benzene rings is 1. The second-order valence-electron chi connectivity index (χ2n) is 5.55. The number of hydrogen-bond donors (Lipinski definition) is 1. The van der Waals surface area contributed by atoms with Crippen LogP contribution in [-0.4, -0.2) is 44.3 Å². The van der Waals surface area contributed by atoms with Gasteiger partial charge in [-0.05, 0) is 47.0 Å². The largest absolute Gasteiger partial charge is 0.493 e.